The van der Waals surface area contributed by atoms with Gasteiger partial charge in [0.2, 0.25) is 10.6 Å². The maximum absolute atomic E-state index is 12.8. The second-order valence-corrected chi connectivity index (χ2v) is 12.0. The van der Waals surface area contributed by atoms with Crippen molar-refractivity contribution in [3.63, 3.8) is 0 Å². The Labute approximate surface area is 232 Å². The molecule has 4 aliphatic heterocycles. The molecule has 0 bridgehead atoms. The van der Waals surface area contributed by atoms with Crippen LogP contribution in [0.4, 0.5) is 18.9 Å². The van der Waals surface area contributed by atoms with Crippen molar-refractivity contribution in [1.82, 2.24) is 4.90 Å². The maximum Gasteiger partial charge on any atom is 0.522 e. The lowest BCUT2D eigenvalue weighted by Crippen LogP contribution is -2.44. The molecule has 0 N–H and O–H groups in total. The molecule has 0 amide bonds. The van der Waals surface area contributed by atoms with Crippen LogP contribution in [0.2, 0.25) is 0 Å². The van der Waals surface area contributed by atoms with Crippen LogP contribution in [0, 0.1) is 0 Å². The molecule has 4 heterocycles. The predicted molar refractivity (Wildman–Crippen MR) is 139 cm³/mol. The van der Waals surface area contributed by atoms with Gasteiger partial charge < -0.3 is 24.0 Å². The highest BCUT2D eigenvalue weighted by atomic mass is 35.6. The quantitative estimate of drug-likeness (QED) is 0.370. The van der Waals surface area contributed by atoms with Crippen molar-refractivity contribution in [2.75, 3.05) is 38.4 Å². The summed E-state index contributed by atoms with van der Waals surface area (Å²) in [5.74, 6) is 1.95. The molecule has 6 rings (SSSR count). The second kappa shape index (κ2) is 9.47. The van der Waals surface area contributed by atoms with Gasteiger partial charge in [0.15, 0.2) is 11.5 Å². The number of fused-ring (bicyclic) bond motifs is 5. The summed E-state index contributed by atoms with van der Waals surface area (Å²) in [6.07, 6.45) is -2.40. The zero-order valence-electron chi connectivity index (χ0n) is 20.3. The first-order chi connectivity index (χ1) is 18.0. The van der Waals surface area contributed by atoms with E-state index in [1.807, 2.05) is 29.2 Å². The van der Waals surface area contributed by atoms with Gasteiger partial charge in [-0.2, -0.15) is 0 Å². The molecule has 0 radical (unpaired) electrons. The summed E-state index contributed by atoms with van der Waals surface area (Å²) in [6.45, 7) is 1.44. The number of hydrogen-bond donors (Lipinski definition) is 0. The summed E-state index contributed by atoms with van der Waals surface area (Å²) in [5.41, 5.74) is 5.34. The largest absolute Gasteiger partial charge is 0.522 e. The third kappa shape index (κ3) is 4.61. The van der Waals surface area contributed by atoms with Gasteiger partial charge in [-0.05, 0) is 54.7 Å². The third-order valence-corrected chi connectivity index (χ3v) is 8.11. The highest BCUT2D eigenvalue weighted by Crippen LogP contribution is 2.56. The number of nitrogens with zero attached hydrogens (tertiary/aromatic N) is 2. The summed E-state index contributed by atoms with van der Waals surface area (Å²) < 4.78 is 57.9. The first-order valence-corrected chi connectivity index (χ1v) is 13.3. The monoisotopic (exact) mass is 590 g/mol. The number of alkyl halides is 6. The minimum atomic E-state index is -4.67. The van der Waals surface area contributed by atoms with Crippen LogP contribution in [0.5, 0.6) is 17.2 Å². The topological polar surface area (TPSA) is 43.4 Å². The Balaban J connectivity index is 1.45. The highest BCUT2D eigenvalue weighted by Gasteiger charge is 2.47. The molecule has 1 fully saturated rings. The summed E-state index contributed by atoms with van der Waals surface area (Å²) in [7, 11) is 1.55. The van der Waals surface area contributed by atoms with Gasteiger partial charge in [0.1, 0.15) is 11.8 Å². The van der Waals surface area contributed by atoms with Crippen molar-refractivity contribution >= 4 is 52.3 Å². The molecule has 6 nitrogen and oxygen atoms in total. The lowest BCUT2D eigenvalue weighted by Gasteiger charge is -2.47. The molecular formula is C26H24Cl3F3N2O4. The Bertz CT molecular complexity index is 1290. The van der Waals surface area contributed by atoms with Gasteiger partial charge in [-0.15, -0.1) is 13.2 Å². The smallest absolute Gasteiger partial charge is 0.495 e. The van der Waals surface area contributed by atoms with E-state index in [0.29, 0.717) is 37.6 Å². The van der Waals surface area contributed by atoms with Gasteiger partial charge in [0, 0.05) is 36.5 Å². The Kier molecular flexibility index (Phi) is 6.49. The van der Waals surface area contributed by atoms with Gasteiger partial charge in [-0.1, -0.05) is 40.9 Å². The van der Waals surface area contributed by atoms with Crippen molar-refractivity contribution < 1.29 is 32.1 Å². The van der Waals surface area contributed by atoms with Gasteiger partial charge >= 0.3 is 6.36 Å². The summed E-state index contributed by atoms with van der Waals surface area (Å²) in [5, 5.41) is 0. The van der Waals surface area contributed by atoms with E-state index in [-0.39, 0.29) is 19.6 Å². The number of halogens is 6. The van der Waals surface area contributed by atoms with Crippen molar-refractivity contribution in [3.05, 3.63) is 46.5 Å². The number of rotatable bonds is 3. The van der Waals surface area contributed by atoms with Crippen molar-refractivity contribution in [3.8, 4) is 17.2 Å². The molecule has 204 valence electrons. The molecule has 0 saturated carbocycles. The van der Waals surface area contributed by atoms with Crippen LogP contribution in [0.15, 0.2) is 24.3 Å². The van der Waals surface area contributed by atoms with Crippen LogP contribution in [0.25, 0.3) is 11.8 Å². The van der Waals surface area contributed by atoms with Crippen molar-refractivity contribution in [1.29, 1.82) is 0 Å². The standard InChI is InChI=1S/C26H24Cl3F3N2O4/c1-35-19-3-2-15-10-18-17-12-21-20(36-13-37-21)11-14(17)4-9-34(18)24(25(27,28)29)22(15)23(19)33-7-5-16(6-8-33)38-26(30,31)32/h2-3,10-12,16,24H,4-9,13H2,1H3/t24-/m1/s1. The zero-order chi connectivity index (χ0) is 26.8. The van der Waals surface area contributed by atoms with E-state index in [2.05, 4.69) is 15.7 Å². The minimum absolute atomic E-state index is 0.175. The van der Waals surface area contributed by atoms with Gasteiger partial charge in [-0.25, -0.2) is 0 Å². The Morgan fingerprint density at radius 3 is 2.37 bits per heavy atom. The predicted octanol–water partition coefficient (Wildman–Crippen LogP) is 6.71. The second-order valence-electron chi connectivity index (χ2n) is 9.65. The van der Waals surface area contributed by atoms with Crippen LogP contribution < -0.4 is 19.1 Å². The molecule has 2 aromatic carbocycles. The van der Waals surface area contributed by atoms with Gasteiger partial charge in [0.25, 0.3) is 0 Å². The van der Waals surface area contributed by atoms with E-state index in [0.717, 1.165) is 39.4 Å². The van der Waals surface area contributed by atoms with E-state index in [1.54, 1.807) is 7.11 Å². The Morgan fingerprint density at radius 2 is 1.71 bits per heavy atom. The number of ether oxygens (including phenoxy) is 4. The van der Waals surface area contributed by atoms with E-state index in [4.69, 9.17) is 49.0 Å². The molecule has 0 spiro atoms. The average Bonchev–Trinajstić information content (AvgIpc) is 3.32. The molecule has 0 aliphatic carbocycles. The fourth-order valence-corrected chi connectivity index (χ4v) is 6.59. The normalized spacial score (nSPS) is 21.0. The van der Waals surface area contributed by atoms with Crippen LogP contribution in [0.3, 0.4) is 0 Å². The summed E-state index contributed by atoms with van der Waals surface area (Å²) >= 11 is 20.1. The highest BCUT2D eigenvalue weighted by molar-refractivity contribution is 6.68. The van der Waals surface area contributed by atoms with Gasteiger partial charge in [-0.3, -0.25) is 4.74 Å². The fourth-order valence-electron chi connectivity index (χ4n) is 5.91. The molecule has 1 saturated heterocycles. The lowest BCUT2D eigenvalue weighted by molar-refractivity contribution is -0.344. The van der Waals surface area contributed by atoms with Crippen molar-refractivity contribution in [2.45, 2.75) is 41.6 Å². The van der Waals surface area contributed by atoms with E-state index in [1.165, 1.54) is 0 Å². The molecule has 12 heteroatoms. The minimum Gasteiger partial charge on any atom is -0.495 e. The summed E-state index contributed by atoms with van der Waals surface area (Å²) in [6, 6.07) is 7.06. The molecule has 0 unspecified atom stereocenters. The van der Waals surface area contributed by atoms with E-state index >= 15 is 0 Å². The molecule has 38 heavy (non-hydrogen) atoms. The number of methoxy groups -OCH3 is 1. The molecule has 2 aromatic rings. The maximum atomic E-state index is 12.8. The first-order valence-electron chi connectivity index (χ1n) is 12.2. The van der Waals surface area contributed by atoms with Gasteiger partial charge in [0.05, 0.1) is 18.9 Å². The number of piperidine rings is 1. The summed E-state index contributed by atoms with van der Waals surface area (Å²) in [4.78, 5) is 4.09. The Hall–Kier alpha value is -2.20. The SMILES string of the molecule is COc1ccc2c(c1N1CCC(OC(F)(F)F)CC1)[C@H](C(Cl)(Cl)Cl)N1CCc3cc4c(cc3C1=C2)OCO4. The fraction of sp³-hybridized carbons (Fsp3) is 0.462. The number of benzene rings is 2. The van der Waals surface area contributed by atoms with E-state index < -0.39 is 22.3 Å². The van der Waals surface area contributed by atoms with Crippen LogP contribution in [-0.4, -0.2) is 54.7 Å². The molecule has 1 atom stereocenters. The average molecular weight is 592 g/mol. The van der Waals surface area contributed by atoms with E-state index in [9.17, 15) is 13.2 Å². The van der Waals surface area contributed by atoms with Crippen LogP contribution >= 0.6 is 34.8 Å². The first kappa shape index (κ1) is 26.0. The molecule has 4 aliphatic rings. The molecular weight excluding hydrogens is 568 g/mol. The van der Waals surface area contributed by atoms with Crippen LogP contribution in [-0.2, 0) is 11.2 Å². The zero-order valence-corrected chi connectivity index (χ0v) is 22.6. The number of anilines is 1. The third-order valence-electron chi connectivity index (χ3n) is 7.49. The van der Waals surface area contributed by atoms with Crippen LogP contribution in [0.1, 0.15) is 41.1 Å². The lowest BCUT2D eigenvalue weighted by atomic mass is 9.85. The van der Waals surface area contributed by atoms with Crippen molar-refractivity contribution in [2.24, 2.45) is 0 Å². The Morgan fingerprint density at radius 1 is 1.00 bits per heavy atom. The molecule has 0 aromatic heterocycles. The number of hydrogen-bond acceptors (Lipinski definition) is 6.